The van der Waals surface area contributed by atoms with E-state index in [1.807, 2.05) is 13.8 Å². The van der Waals surface area contributed by atoms with Gasteiger partial charge in [0.25, 0.3) is 0 Å². The lowest BCUT2D eigenvalue weighted by atomic mass is 10.0. The predicted molar refractivity (Wildman–Crippen MR) is 92.3 cm³/mol. The van der Waals surface area contributed by atoms with Crippen molar-refractivity contribution in [2.45, 2.75) is 26.4 Å². The molecule has 0 aromatic heterocycles. The summed E-state index contributed by atoms with van der Waals surface area (Å²) in [4.78, 5) is 10.8. The van der Waals surface area contributed by atoms with Crippen LogP contribution < -0.4 is 9.47 Å². The second-order valence-corrected chi connectivity index (χ2v) is 6.74. The van der Waals surface area contributed by atoms with E-state index in [1.165, 1.54) is 24.3 Å². The average molecular weight is 362 g/mol. The van der Waals surface area contributed by atoms with Gasteiger partial charge in [-0.3, -0.25) is 4.79 Å². The molecule has 0 unspecified atom stereocenters. The van der Waals surface area contributed by atoms with Crippen LogP contribution in [0.4, 0.5) is 8.78 Å². The normalized spacial score (nSPS) is 18.7. The highest BCUT2D eigenvalue weighted by Crippen LogP contribution is 2.39. The first-order valence-electron chi connectivity index (χ1n) is 8.46. The van der Waals surface area contributed by atoms with Crippen molar-refractivity contribution in [3.05, 3.63) is 48.0 Å². The molecule has 138 valence electrons. The highest BCUT2D eigenvalue weighted by Gasteiger charge is 2.43. The van der Waals surface area contributed by atoms with E-state index in [2.05, 4.69) is 0 Å². The van der Waals surface area contributed by atoms with E-state index in [9.17, 15) is 13.6 Å². The molecular weight excluding hydrogens is 342 g/mol. The predicted octanol–water partition coefficient (Wildman–Crippen LogP) is 4.52. The third-order valence-electron chi connectivity index (χ3n) is 4.20. The van der Waals surface area contributed by atoms with Crippen LogP contribution in [-0.4, -0.2) is 23.8 Å². The molecule has 0 saturated heterocycles. The van der Waals surface area contributed by atoms with Gasteiger partial charge in [0, 0.05) is 23.6 Å². The summed E-state index contributed by atoms with van der Waals surface area (Å²) in [7, 11) is 0. The smallest absolute Gasteiger partial charge is 0.306 e. The van der Waals surface area contributed by atoms with Gasteiger partial charge in [0.2, 0.25) is 0 Å². The van der Waals surface area contributed by atoms with Crippen molar-refractivity contribution in [1.29, 1.82) is 0 Å². The molecule has 1 saturated carbocycles. The van der Waals surface area contributed by atoms with Gasteiger partial charge in [-0.25, -0.2) is 8.78 Å². The number of hydrogen-bond donors (Lipinski definition) is 1. The first-order chi connectivity index (χ1) is 12.3. The van der Waals surface area contributed by atoms with Gasteiger partial charge in [-0.2, -0.15) is 0 Å². The third-order valence-corrected chi connectivity index (χ3v) is 4.20. The number of halogens is 2. The van der Waals surface area contributed by atoms with Gasteiger partial charge >= 0.3 is 5.97 Å². The van der Waals surface area contributed by atoms with Gasteiger partial charge < -0.3 is 14.6 Å². The number of hydrogen-bond acceptors (Lipinski definition) is 3. The number of aliphatic carboxylic acids is 1. The van der Waals surface area contributed by atoms with E-state index in [-0.39, 0.29) is 30.1 Å². The SMILES string of the molecule is CC(C)Oc1cc(F)cc(-c2ccc(OC[C@@H]3C[C@H]3C(=O)O)cc2F)c1. The molecule has 1 aliphatic rings. The first kappa shape index (κ1) is 18.2. The summed E-state index contributed by atoms with van der Waals surface area (Å²) in [5.41, 5.74) is 0.609. The lowest BCUT2D eigenvalue weighted by Crippen LogP contribution is -2.06. The van der Waals surface area contributed by atoms with E-state index in [0.29, 0.717) is 23.5 Å². The molecule has 3 rings (SSSR count). The van der Waals surface area contributed by atoms with Crippen molar-refractivity contribution in [3.63, 3.8) is 0 Å². The Morgan fingerprint density at radius 1 is 1.19 bits per heavy atom. The molecule has 2 aromatic rings. The molecule has 0 radical (unpaired) electrons. The molecule has 0 amide bonds. The molecule has 2 aromatic carbocycles. The first-order valence-corrected chi connectivity index (χ1v) is 8.46. The lowest BCUT2D eigenvalue weighted by Gasteiger charge is -2.12. The van der Waals surface area contributed by atoms with Crippen LogP contribution in [0.25, 0.3) is 11.1 Å². The van der Waals surface area contributed by atoms with Crippen LogP contribution in [0.1, 0.15) is 20.3 Å². The Hall–Kier alpha value is -2.63. The topological polar surface area (TPSA) is 55.8 Å². The van der Waals surface area contributed by atoms with Crippen LogP contribution in [0, 0.1) is 23.5 Å². The minimum atomic E-state index is -0.828. The molecule has 1 N–H and O–H groups in total. The van der Waals surface area contributed by atoms with Crippen LogP contribution in [0.15, 0.2) is 36.4 Å². The number of ether oxygens (including phenoxy) is 2. The zero-order chi connectivity index (χ0) is 18.8. The highest BCUT2D eigenvalue weighted by molar-refractivity contribution is 5.73. The van der Waals surface area contributed by atoms with Crippen LogP contribution >= 0.6 is 0 Å². The monoisotopic (exact) mass is 362 g/mol. The molecule has 4 nitrogen and oxygen atoms in total. The zero-order valence-electron chi connectivity index (χ0n) is 14.5. The number of carboxylic acid groups (broad SMARTS) is 1. The molecule has 0 heterocycles. The second kappa shape index (κ2) is 7.32. The molecule has 0 aliphatic heterocycles. The summed E-state index contributed by atoms with van der Waals surface area (Å²) in [5, 5.41) is 8.87. The molecule has 1 aliphatic carbocycles. The number of benzene rings is 2. The maximum absolute atomic E-state index is 14.5. The summed E-state index contributed by atoms with van der Waals surface area (Å²) in [5.74, 6) is -1.63. The van der Waals surface area contributed by atoms with E-state index in [0.717, 1.165) is 0 Å². The van der Waals surface area contributed by atoms with Gasteiger partial charge in [-0.15, -0.1) is 0 Å². The molecule has 0 spiro atoms. The molecular formula is C20H20F2O4. The van der Waals surface area contributed by atoms with Crippen LogP contribution in [0.2, 0.25) is 0 Å². The molecule has 0 bridgehead atoms. The van der Waals surface area contributed by atoms with E-state index >= 15 is 0 Å². The molecule has 2 atom stereocenters. The Morgan fingerprint density at radius 3 is 2.58 bits per heavy atom. The van der Waals surface area contributed by atoms with Gasteiger partial charge in [-0.1, -0.05) is 0 Å². The van der Waals surface area contributed by atoms with E-state index in [1.54, 1.807) is 12.1 Å². The Kier molecular flexibility index (Phi) is 5.11. The van der Waals surface area contributed by atoms with Crippen molar-refractivity contribution in [2.75, 3.05) is 6.61 Å². The van der Waals surface area contributed by atoms with Crippen molar-refractivity contribution in [1.82, 2.24) is 0 Å². The summed E-state index contributed by atoms with van der Waals surface area (Å²) >= 11 is 0. The minimum absolute atomic E-state index is 0.0332. The number of rotatable bonds is 7. The van der Waals surface area contributed by atoms with Crippen molar-refractivity contribution < 1.29 is 28.2 Å². The van der Waals surface area contributed by atoms with Crippen molar-refractivity contribution in [3.8, 4) is 22.6 Å². The summed E-state index contributed by atoms with van der Waals surface area (Å²) in [6.45, 7) is 3.89. The maximum Gasteiger partial charge on any atom is 0.306 e. The van der Waals surface area contributed by atoms with Gasteiger partial charge in [0.1, 0.15) is 23.1 Å². The van der Waals surface area contributed by atoms with Gasteiger partial charge in [0.05, 0.1) is 18.6 Å². The summed E-state index contributed by atoms with van der Waals surface area (Å²) in [6, 6.07) is 8.41. The highest BCUT2D eigenvalue weighted by atomic mass is 19.1. The standard InChI is InChI=1S/C20H20F2O4/c1-11(2)26-16-6-12(5-14(21)8-16)17-4-3-15(9-19(17)22)25-10-13-7-18(13)20(23)24/h3-6,8-9,11,13,18H,7,10H2,1-2H3,(H,23,24)/t13-,18+/m0/s1. The molecule has 1 fully saturated rings. The van der Waals surface area contributed by atoms with Gasteiger partial charge in [-0.05, 0) is 50.1 Å². The largest absolute Gasteiger partial charge is 0.493 e. The Bertz CT molecular complexity index is 819. The average Bonchev–Trinajstić information content (AvgIpc) is 3.31. The fourth-order valence-corrected chi connectivity index (χ4v) is 2.82. The maximum atomic E-state index is 14.5. The van der Waals surface area contributed by atoms with Crippen LogP contribution in [0.5, 0.6) is 11.5 Å². The fraction of sp³-hybridized carbons (Fsp3) is 0.350. The van der Waals surface area contributed by atoms with E-state index < -0.39 is 17.6 Å². The Balaban J connectivity index is 1.73. The minimum Gasteiger partial charge on any atom is -0.493 e. The van der Waals surface area contributed by atoms with Crippen molar-refractivity contribution >= 4 is 5.97 Å². The quantitative estimate of drug-likeness (QED) is 0.787. The van der Waals surface area contributed by atoms with Crippen molar-refractivity contribution in [2.24, 2.45) is 11.8 Å². The summed E-state index contributed by atoms with van der Waals surface area (Å²) in [6.07, 6.45) is 0.458. The second-order valence-electron chi connectivity index (χ2n) is 6.74. The number of carboxylic acids is 1. The Morgan fingerprint density at radius 2 is 1.96 bits per heavy atom. The summed E-state index contributed by atoms with van der Waals surface area (Å²) < 4.78 is 39.3. The number of carbonyl (C=O) groups is 1. The Labute approximate surface area is 150 Å². The third kappa shape index (κ3) is 4.31. The zero-order valence-corrected chi connectivity index (χ0v) is 14.5. The molecule has 26 heavy (non-hydrogen) atoms. The van der Waals surface area contributed by atoms with Gasteiger partial charge in [0.15, 0.2) is 0 Å². The molecule has 6 heteroatoms. The fourth-order valence-electron chi connectivity index (χ4n) is 2.82. The van der Waals surface area contributed by atoms with Crippen LogP contribution in [0.3, 0.4) is 0 Å². The lowest BCUT2D eigenvalue weighted by molar-refractivity contribution is -0.138. The van der Waals surface area contributed by atoms with Crippen LogP contribution in [-0.2, 0) is 4.79 Å². The van der Waals surface area contributed by atoms with E-state index in [4.69, 9.17) is 14.6 Å².